The number of imidazole rings is 1. The van der Waals surface area contributed by atoms with Gasteiger partial charge in [-0.1, -0.05) is 23.4 Å². The molecule has 24 heavy (non-hydrogen) atoms. The van der Waals surface area contributed by atoms with Gasteiger partial charge in [-0.25, -0.2) is 9.67 Å². The quantitative estimate of drug-likeness (QED) is 0.747. The van der Waals surface area contributed by atoms with Crippen molar-refractivity contribution in [3.8, 4) is 17.2 Å². The number of aliphatic hydroxyl groups is 1. The van der Waals surface area contributed by atoms with E-state index in [-0.39, 0.29) is 31.1 Å². The van der Waals surface area contributed by atoms with Crippen LogP contribution in [0, 0.1) is 0 Å². The van der Waals surface area contributed by atoms with E-state index < -0.39 is 0 Å². The molecule has 1 saturated heterocycles. The van der Waals surface area contributed by atoms with Gasteiger partial charge in [-0.05, 0) is 18.6 Å². The van der Waals surface area contributed by atoms with Crippen molar-refractivity contribution in [2.24, 2.45) is 0 Å². The van der Waals surface area contributed by atoms with Gasteiger partial charge in [0.05, 0.1) is 18.5 Å². The molecule has 3 heterocycles. The fourth-order valence-corrected chi connectivity index (χ4v) is 3.03. The molecule has 0 saturated carbocycles. The first-order chi connectivity index (χ1) is 11.3. The fourth-order valence-electron chi connectivity index (χ4n) is 3.03. The summed E-state index contributed by atoms with van der Waals surface area (Å²) in [5.74, 6) is 0.803. The van der Waals surface area contributed by atoms with Crippen LogP contribution in [0.2, 0.25) is 0 Å². The molecule has 1 aliphatic heterocycles. The minimum Gasteiger partial charge on any atom is -0.395 e. The Morgan fingerprint density at radius 1 is 1.25 bits per heavy atom. The molecule has 2 N–H and O–H groups in total. The molecule has 2 aromatic heterocycles. The van der Waals surface area contributed by atoms with E-state index in [1.807, 2.05) is 42.7 Å². The summed E-state index contributed by atoms with van der Waals surface area (Å²) in [4.78, 5) is 4.45. The van der Waals surface area contributed by atoms with E-state index in [2.05, 4.69) is 25.2 Å². The van der Waals surface area contributed by atoms with Gasteiger partial charge in [0.15, 0.2) is 5.82 Å². The van der Waals surface area contributed by atoms with E-state index in [4.69, 9.17) is 0 Å². The highest BCUT2D eigenvalue weighted by atomic mass is 35.5. The fraction of sp³-hybridized carbons (Fsp3) is 0.312. The van der Waals surface area contributed by atoms with E-state index in [9.17, 15) is 5.11 Å². The first-order valence-corrected chi connectivity index (χ1v) is 7.70. The van der Waals surface area contributed by atoms with Crippen LogP contribution < -0.4 is 5.32 Å². The smallest absolute Gasteiger partial charge is 0.162 e. The van der Waals surface area contributed by atoms with Crippen molar-refractivity contribution in [1.82, 2.24) is 29.9 Å². The van der Waals surface area contributed by atoms with Gasteiger partial charge in [0.25, 0.3) is 0 Å². The summed E-state index contributed by atoms with van der Waals surface area (Å²) in [7, 11) is 0. The molecular formula is C16H19ClN6O. The van der Waals surface area contributed by atoms with Crippen molar-refractivity contribution in [1.29, 1.82) is 0 Å². The van der Waals surface area contributed by atoms with Gasteiger partial charge in [0, 0.05) is 31.0 Å². The second-order valence-corrected chi connectivity index (χ2v) is 5.72. The number of nitrogens with zero attached hydrogens (tertiary/aromatic N) is 5. The number of hydrogen-bond acceptors (Lipinski definition) is 5. The van der Waals surface area contributed by atoms with Crippen molar-refractivity contribution in [2.45, 2.75) is 18.5 Å². The normalized spacial score (nSPS) is 20.0. The Morgan fingerprint density at radius 3 is 2.83 bits per heavy atom. The maximum absolute atomic E-state index is 9.28. The third-order valence-electron chi connectivity index (χ3n) is 4.22. The Labute approximate surface area is 145 Å². The van der Waals surface area contributed by atoms with Crippen LogP contribution in [0.5, 0.6) is 0 Å². The summed E-state index contributed by atoms with van der Waals surface area (Å²) >= 11 is 0. The number of halogens is 1. The highest BCUT2D eigenvalue weighted by molar-refractivity contribution is 5.85. The molecule has 1 aromatic carbocycles. The van der Waals surface area contributed by atoms with E-state index in [0.29, 0.717) is 0 Å². The lowest BCUT2D eigenvalue weighted by Gasteiger charge is -2.13. The lowest BCUT2D eigenvalue weighted by Crippen LogP contribution is -2.24. The average molecular weight is 347 g/mol. The molecule has 0 unspecified atom stereocenters. The number of hydrogen-bond donors (Lipinski definition) is 2. The zero-order valence-corrected chi connectivity index (χ0v) is 13.8. The van der Waals surface area contributed by atoms with Crippen molar-refractivity contribution in [2.75, 3.05) is 13.2 Å². The Morgan fingerprint density at radius 2 is 2.08 bits per heavy atom. The zero-order chi connectivity index (χ0) is 15.6. The molecule has 1 fully saturated rings. The standard InChI is InChI=1S/C16H18N6O.ClH/c23-11-12-8-14(9-18-12)21-7-6-17-16(21)15-10-22(20-19-15)13-4-2-1-3-5-13;/h1-7,10,12,14,18,23H,8-9,11H2;1H/t12-,14+;/m1./s1. The van der Waals surface area contributed by atoms with Gasteiger partial charge in [-0.3, -0.25) is 0 Å². The molecular weight excluding hydrogens is 328 g/mol. The Hall–Kier alpha value is -2.22. The molecule has 1 aliphatic rings. The van der Waals surface area contributed by atoms with Gasteiger partial charge in [-0.15, -0.1) is 17.5 Å². The lowest BCUT2D eigenvalue weighted by atomic mass is 10.2. The van der Waals surface area contributed by atoms with E-state index in [0.717, 1.165) is 30.2 Å². The molecule has 2 atom stereocenters. The van der Waals surface area contributed by atoms with Crippen LogP contribution in [0.25, 0.3) is 17.2 Å². The second-order valence-electron chi connectivity index (χ2n) is 5.72. The number of rotatable bonds is 4. The third kappa shape index (κ3) is 3.06. The largest absolute Gasteiger partial charge is 0.395 e. The Balaban J connectivity index is 0.00000169. The number of para-hydroxylation sites is 1. The van der Waals surface area contributed by atoms with Crippen LogP contribution in [-0.4, -0.2) is 48.8 Å². The highest BCUT2D eigenvalue weighted by Crippen LogP contribution is 2.25. The van der Waals surface area contributed by atoms with Gasteiger partial charge >= 0.3 is 0 Å². The Kier molecular flexibility index (Phi) is 4.94. The van der Waals surface area contributed by atoms with Crippen molar-refractivity contribution in [3.05, 3.63) is 48.9 Å². The van der Waals surface area contributed by atoms with Crippen LogP contribution in [0.15, 0.2) is 48.9 Å². The maximum atomic E-state index is 9.28. The van der Waals surface area contributed by atoms with E-state index >= 15 is 0 Å². The van der Waals surface area contributed by atoms with Crippen LogP contribution in [0.1, 0.15) is 12.5 Å². The highest BCUT2D eigenvalue weighted by Gasteiger charge is 2.27. The molecule has 126 valence electrons. The topological polar surface area (TPSA) is 80.8 Å². The first kappa shape index (κ1) is 16.6. The molecule has 0 amide bonds. The predicted octanol–water partition coefficient (Wildman–Crippen LogP) is 1.45. The van der Waals surface area contributed by atoms with Crippen LogP contribution in [0.3, 0.4) is 0 Å². The minimum atomic E-state index is 0. The van der Waals surface area contributed by atoms with Gasteiger partial charge in [0.1, 0.15) is 5.69 Å². The average Bonchev–Trinajstić information content (AvgIpc) is 3.33. The predicted molar refractivity (Wildman–Crippen MR) is 92.4 cm³/mol. The van der Waals surface area contributed by atoms with E-state index in [1.54, 1.807) is 10.9 Å². The molecule has 4 rings (SSSR count). The van der Waals surface area contributed by atoms with Crippen molar-refractivity contribution < 1.29 is 5.11 Å². The summed E-state index contributed by atoms with van der Waals surface area (Å²) in [6.45, 7) is 0.978. The molecule has 0 spiro atoms. The maximum Gasteiger partial charge on any atom is 0.162 e. The molecule has 3 aromatic rings. The summed E-state index contributed by atoms with van der Waals surface area (Å²) in [5.41, 5.74) is 1.71. The van der Waals surface area contributed by atoms with Crippen molar-refractivity contribution in [3.63, 3.8) is 0 Å². The summed E-state index contributed by atoms with van der Waals surface area (Å²) in [6, 6.07) is 10.3. The summed E-state index contributed by atoms with van der Waals surface area (Å²) in [6.07, 6.45) is 6.51. The number of aromatic nitrogens is 5. The number of benzene rings is 1. The van der Waals surface area contributed by atoms with Crippen LogP contribution >= 0.6 is 12.4 Å². The second kappa shape index (κ2) is 7.12. The monoisotopic (exact) mass is 346 g/mol. The van der Waals surface area contributed by atoms with Gasteiger partial charge < -0.3 is 15.0 Å². The Bertz CT molecular complexity index is 787. The summed E-state index contributed by atoms with van der Waals surface area (Å²) in [5, 5.41) is 21.1. The molecule has 0 bridgehead atoms. The van der Waals surface area contributed by atoms with Gasteiger partial charge in [0.2, 0.25) is 0 Å². The molecule has 0 radical (unpaired) electrons. The zero-order valence-electron chi connectivity index (χ0n) is 13.0. The number of nitrogens with one attached hydrogen (secondary N) is 1. The number of aliphatic hydroxyl groups excluding tert-OH is 1. The van der Waals surface area contributed by atoms with Crippen LogP contribution in [-0.2, 0) is 0 Å². The first-order valence-electron chi connectivity index (χ1n) is 7.70. The lowest BCUT2D eigenvalue weighted by molar-refractivity contribution is 0.253. The minimum absolute atomic E-state index is 0. The molecule has 7 nitrogen and oxygen atoms in total. The molecule has 0 aliphatic carbocycles. The van der Waals surface area contributed by atoms with Crippen LogP contribution in [0.4, 0.5) is 0 Å². The third-order valence-corrected chi connectivity index (χ3v) is 4.22. The molecule has 8 heteroatoms. The van der Waals surface area contributed by atoms with E-state index in [1.165, 1.54) is 0 Å². The van der Waals surface area contributed by atoms with Gasteiger partial charge in [-0.2, -0.15) is 0 Å². The summed E-state index contributed by atoms with van der Waals surface area (Å²) < 4.78 is 3.86. The SMILES string of the molecule is Cl.OC[C@H]1C[C@H](n2ccnc2-c2cn(-c3ccccc3)nn2)CN1. The van der Waals surface area contributed by atoms with Crippen molar-refractivity contribution >= 4 is 12.4 Å².